The zero-order valence-corrected chi connectivity index (χ0v) is 15.7. The molecule has 0 spiro atoms. The maximum atomic E-state index is 13.0. The van der Waals surface area contributed by atoms with E-state index in [2.05, 4.69) is 4.98 Å². The highest BCUT2D eigenvalue weighted by Gasteiger charge is 2.29. The van der Waals surface area contributed by atoms with Gasteiger partial charge in [-0.2, -0.15) is 0 Å². The van der Waals surface area contributed by atoms with Gasteiger partial charge >= 0.3 is 5.97 Å². The lowest BCUT2D eigenvalue weighted by atomic mass is 9.95. The van der Waals surface area contributed by atoms with Crippen molar-refractivity contribution in [1.82, 2.24) is 9.88 Å². The summed E-state index contributed by atoms with van der Waals surface area (Å²) in [5.74, 6) is -0.318. The second-order valence-corrected chi connectivity index (χ2v) is 7.40. The van der Waals surface area contributed by atoms with Crippen molar-refractivity contribution in [3.8, 4) is 0 Å². The average Bonchev–Trinajstić information content (AvgIpc) is 3.25. The topological polar surface area (TPSA) is 59.5 Å². The number of hydrogen-bond acceptors (Lipinski definition) is 5. The summed E-state index contributed by atoms with van der Waals surface area (Å²) >= 11 is 1.48. The third kappa shape index (κ3) is 3.85. The van der Waals surface area contributed by atoms with Gasteiger partial charge in [-0.15, -0.1) is 11.3 Å². The van der Waals surface area contributed by atoms with Crippen molar-refractivity contribution in [1.29, 1.82) is 0 Å². The highest BCUT2D eigenvalue weighted by molar-refractivity contribution is 7.07. The van der Waals surface area contributed by atoms with Gasteiger partial charge in [0, 0.05) is 24.0 Å². The van der Waals surface area contributed by atoms with Crippen LogP contribution >= 0.6 is 11.3 Å². The van der Waals surface area contributed by atoms with Crippen LogP contribution in [0.25, 0.3) is 10.8 Å². The van der Waals surface area contributed by atoms with E-state index in [-0.39, 0.29) is 24.4 Å². The molecule has 1 amide bonds. The summed E-state index contributed by atoms with van der Waals surface area (Å²) in [6.45, 7) is 1.36. The van der Waals surface area contributed by atoms with Crippen molar-refractivity contribution in [2.45, 2.75) is 19.4 Å². The van der Waals surface area contributed by atoms with Gasteiger partial charge in [-0.3, -0.25) is 9.59 Å². The molecule has 4 rings (SSSR count). The standard InChI is InChI=1S/C21H20N2O3S/c24-20(19-7-3-5-15-4-1-2-6-18(15)19)23-10-8-16(9-11-23)21(25)26-12-17-13-27-14-22-17/h1-7,13-14,16H,8-12H2. The number of hydrogen-bond donors (Lipinski definition) is 0. The van der Waals surface area contributed by atoms with Crippen LogP contribution < -0.4 is 0 Å². The van der Waals surface area contributed by atoms with E-state index in [1.165, 1.54) is 11.3 Å². The molecule has 1 fully saturated rings. The molecule has 138 valence electrons. The molecule has 0 radical (unpaired) electrons. The predicted octanol–water partition coefficient (Wildman–Crippen LogP) is 3.89. The number of esters is 1. The molecule has 1 saturated heterocycles. The Balaban J connectivity index is 1.37. The van der Waals surface area contributed by atoms with Gasteiger partial charge in [0.2, 0.25) is 0 Å². The van der Waals surface area contributed by atoms with Crippen LogP contribution in [0.15, 0.2) is 53.4 Å². The Labute approximate surface area is 161 Å². The van der Waals surface area contributed by atoms with E-state index in [9.17, 15) is 9.59 Å². The first kappa shape index (κ1) is 17.7. The van der Waals surface area contributed by atoms with Crippen LogP contribution in [0.3, 0.4) is 0 Å². The molecule has 6 heteroatoms. The number of nitrogens with zero attached hydrogens (tertiary/aromatic N) is 2. The minimum atomic E-state index is -0.194. The van der Waals surface area contributed by atoms with Crippen molar-refractivity contribution in [3.05, 3.63) is 64.6 Å². The Hall–Kier alpha value is -2.73. The van der Waals surface area contributed by atoms with E-state index in [1.807, 2.05) is 52.7 Å². The van der Waals surface area contributed by atoms with Crippen LogP contribution in [0, 0.1) is 5.92 Å². The molecule has 0 aliphatic carbocycles. The van der Waals surface area contributed by atoms with Crippen molar-refractivity contribution in [2.24, 2.45) is 5.92 Å². The van der Waals surface area contributed by atoms with Gasteiger partial charge in [-0.25, -0.2) is 4.98 Å². The summed E-state index contributed by atoms with van der Waals surface area (Å²) in [4.78, 5) is 31.2. The van der Waals surface area contributed by atoms with Crippen molar-refractivity contribution < 1.29 is 14.3 Å². The van der Waals surface area contributed by atoms with Crippen LogP contribution in [0.1, 0.15) is 28.9 Å². The van der Waals surface area contributed by atoms with Gasteiger partial charge < -0.3 is 9.64 Å². The molecule has 0 unspecified atom stereocenters. The second kappa shape index (κ2) is 7.88. The number of aromatic nitrogens is 1. The maximum Gasteiger partial charge on any atom is 0.309 e. The number of likely N-dealkylation sites (tertiary alicyclic amines) is 1. The molecule has 0 N–H and O–H groups in total. The summed E-state index contributed by atoms with van der Waals surface area (Å²) in [5.41, 5.74) is 3.22. The number of benzene rings is 2. The fraction of sp³-hybridized carbons (Fsp3) is 0.286. The van der Waals surface area contributed by atoms with Crippen molar-refractivity contribution in [3.63, 3.8) is 0 Å². The zero-order valence-electron chi connectivity index (χ0n) is 14.8. The monoisotopic (exact) mass is 380 g/mol. The predicted molar refractivity (Wildman–Crippen MR) is 104 cm³/mol. The van der Waals surface area contributed by atoms with E-state index in [0.717, 1.165) is 22.0 Å². The van der Waals surface area contributed by atoms with Gasteiger partial charge in [0.15, 0.2) is 0 Å². The van der Waals surface area contributed by atoms with Gasteiger partial charge in [0.25, 0.3) is 5.91 Å². The van der Waals surface area contributed by atoms with E-state index in [0.29, 0.717) is 25.9 Å². The number of carbonyl (C=O) groups excluding carboxylic acids is 2. The number of carbonyl (C=O) groups is 2. The second-order valence-electron chi connectivity index (χ2n) is 6.68. The van der Waals surface area contributed by atoms with Crippen LogP contribution in [-0.2, 0) is 16.1 Å². The highest BCUT2D eigenvalue weighted by Crippen LogP contribution is 2.24. The highest BCUT2D eigenvalue weighted by atomic mass is 32.1. The van der Waals surface area contributed by atoms with Crippen molar-refractivity contribution in [2.75, 3.05) is 13.1 Å². The number of amides is 1. The number of thiazole rings is 1. The molecule has 5 nitrogen and oxygen atoms in total. The van der Waals surface area contributed by atoms with Gasteiger partial charge in [0.1, 0.15) is 6.61 Å². The fourth-order valence-electron chi connectivity index (χ4n) is 3.47. The summed E-state index contributed by atoms with van der Waals surface area (Å²) in [6.07, 6.45) is 1.26. The van der Waals surface area contributed by atoms with Crippen LogP contribution in [-0.4, -0.2) is 34.8 Å². The largest absolute Gasteiger partial charge is 0.459 e. The lowest BCUT2D eigenvalue weighted by Crippen LogP contribution is -2.40. The molecule has 0 bridgehead atoms. The normalized spacial score (nSPS) is 15.0. The fourth-order valence-corrected chi connectivity index (χ4v) is 4.02. The Morgan fingerprint density at radius 1 is 1.11 bits per heavy atom. The number of rotatable bonds is 4. The summed E-state index contributed by atoms with van der Waals surface area (Å²) in [6, 6.07) is 13.7. The van der Waals surface area contributed by atoms with Gasteiger partial charge in [-0.05, 0) is 29.7 Å². The zero-order chi connectivity index (χ0) is 18.6. The van der Waals surface area contributed by atoms with Crippen molar-refractivity contribution >= 4 is 34.0 Å². The summed E-state index contributed by atoms with van der Waals surface area (Å²) < 4.78 is 5.37. The molecule has 0 atom stereocenters. The first-order valence-corrected chi connectivity index (χ1v) is 9.97. The Bertz CT molecular complexity index is 942. The van der Waals surface area contributed by atoms with Crippen LogP contribution in [0.2, 0.25) is 0 Å². The number of piperidine rings is 1. The summed E-state index contributed by atoms with van der Waals surface area (Å²) in [7, 11) is 0. The van der Waals surface area contributed by atoms with E-state index in [4.69, 9.17) is 4.74 Å². The summed E-state index contributed by atoms with van der Waals surface area (Å²) in [5, 5.41) is 3.90. The van der Waals surface area contributed by atoms with Crippen LogP contribution in [0.4, 0.5) is 0 Å². The van der Waals surface area contributed by atoms with E-state index < -0.39 is 0 Å². The third-order valence-corrected chi connectivity index (χ3v) is 5.62. The van der Waals surface area contributed by atoms with E-state index >= 15 is 0 Å². The quantitative estimate of drug-likeness (QED) is 0.644. The molecule has 2 heterocycles. The van der Waals surface area contributed by atoms with E-state index in [1.54, 1.807) is 5.51 Å². The Kier molecular flexibility index (Phi) is 5.16. The number of fused-ring (bicyclic) bond motifs is 1. The molecule has 1 aromatic heterocycles. The third-order valence-electron chi connectivity index (χ3n) is 4.98. The lowest BCUT2D eigenvalue weighted by molar-refractivity contribution is -0.151. The molecular formula is C21H20N2O3S. The average molecular weight is 380 g/mol. The maximum absolute atomic E-state index is 13.0. The Morgan fingerprint density at radius 2 is 1.89 bits per heavy atom. The van der Waals surface area contributed by atoms with Gasteiger partial charge in [0.05, 0.1) is 17.1 Å². The lowest BCUT2D eigenvalue weighted by Gasteiger charge is -2.31. The SMILES string of the molecule is O=C(OCc1cscn1)C1CCN(C(=O)c2cccc3ccccc23)CC1. The number of ether oxygens (including phenoxy) is 1. The molecule has 2 aromatic carbocycles. The molecule has 1 aliphatic heterocycles. The molecular weight excluding hydrogens is 360 g/mol. The molecule has 0 saturated carbocycles. The van der Waals surface area contributed by atoms with Gasteiger partial charge in [-0.1, -0.05) is 36.4 Å². The molecule has 3 aromatic rings. The van der Waals surface area contributed by atoms with Crippen LogP contribution in [0.5, 0.6) is 0 Å². The minimum absolute atomic E-state index is 0.0288. The first-order valence-electron chi connectivity index (χ1n) is 9.03. The smallest absolute Gasteiger partial charge is 0.309 e. The molecule has 27 heavy (non-hydrogen) atoms. The minimum Gasteiger partial charge on any atom is -0.459 e. The Morgan fingerprint density at radius 3 is 2.67 bits per heavy atom. The molecule has 1 aliphatic rings. The first-order chi connectivity index (χ1) is 13.2.